The standard InChI is InChI=1S/C22H26N4O3/c1-17-6-5-7-18(16-17)22(29)26-14-12-25(13-15-26)11-10-23-20(27)21(28)24-19-8-3-2-4-9-19/h2-9,16H,10-15H2,1H3,(H,23,27)(H,24,28)/p+1. The molecule has 1 aliphatic heterocycles. The molecule has 0 aromatic heterocycles. The predicted octanol–water partition coefficient (Wildman–Crippen LogP) is 0.0906. The van der Waals surface area contributed by atoms with Crippen LogP contribution in [0.15, 0.2) is 54.6 Å². The van der Waals surface area contributed by atoms with Crippen LogP contribution >= 0.6 is 0 Å². The van der Waals surface area contributed by atoms with Gasteiger partial charge < -0.3 is 20.4 Å². The molecule has 0 aliphatic carbocycles. The van der Waals surface area contributed by atoms with Gasteiger partial charge in [0.1, 0.15) is 0 Å². The Kier molecular flexibility index (Phi) is 6.97. The summed E-state index contributed by atoms with van der Waals surface area (Å²) in [7, 11) is 0. The molecular formula is C22H27N4O3+. The van der Waals surface area contributed by atoms with Crippen molar-refractivity contribution >= 4 is 23.4 Å². The summed E-state index contributed by atoms with van der Waals surface area (Å²) in [4.78, 5) is 39.6. The van der Waals surface area contributed by atoms with Gasteiger partial charge in [0.25, 0.3) is 5.91 Å². The molecule has 7 heteroatoms. The molecule has 0 unspecified atom stereocenters. The minimum atomic E-state index is -0.667. The number of quaternary nitrogens is 1. The first kappa shape index (κ1) is 20.5. The summed E-state index contributed by atoms with van der Waals surface area (Å²) in [6.45, 7) is 6.13. The van der Waals surface area contributed by atoms with Crippen molar-refractivity contribution < 1.29 is 19.3 Å². The molecule has 0 saturated carbocycles. The fourth-order valence-electron chi connectivity index (χ4n) is 3.38. The Balaban J connectivity index is 1.37. The third-order valence-electron chi connectivity index (χ3n) is 5.02. The van der Waals surface area contributed by atoms with Crippen molar-refractivity contribution in [1.82, 2.24) is 10.2 Å². The van der Waals surface area contributed by atoms with Crippen molar-refractivity contribution in [3.8, 4) is 0 Å². The predicted molar refractivity (Wildman–Crippen MR) is 111 cm³/mol. The number of amides is 3. The van der Waals surface area contributed by atoms with Crippen LogP contribution < -0.4 is 15.5 Å². The number of carbonyl (C=O) groups excluding carboxylic acids is 3. The molecule has 1 heterocycles. The summed E-state index contributed by atoms with van der Waals surface area (Å²) in [5.74, 6) is -1.24. The zero-order valence-corrected chi connectivity index (χ0v) is 16.6. The molecule has 1 fully saturated rings. The molecule has 152 valence electrons. The van der Waals surface area contributed by atoms with E-state index in [2.05, 4.69) is 10.6 Å². The minimum Gasteiger partial charge on any atom is -0.342 e. The van der Waals surface area contributed by atoms with Crippen molar-refractivity contribution in [3.63, 3.8) is 0 Å². The van der Waals surface area contributed by atoms with Crippen LogP contribution in [0.3, 0.4) is 0 Å². The molecule has 0 spiro atoms. The molecule has 2 aromatic carbocycles. The first-order valence-electron chi connectivity index (χ1n) is 9.86. The molecule has 29 heavy (non-hydrogen) atoms. The molecule has 0 radical (unpaired) electrons. The largest absolute Gasteiger partial charge is 0.342 e. The lowest BCUT2D eigenvalue weighted by Gasteiger charge is -2.32. The van der Waals surface area contributed by atoms with E-state index in [9.17, 15) is 14.4 Å². The summed E-state index contributed by atoms with van der Waals surface area (Å²) in [6, 6.07) is 16.5. The Hall–Kier alpha value is -3.19. The number of nitrogens with one attached hydrogen (secondary N) is 3. The fourth-order valence-corrected chi connectivity index (χ4v) is 3.38. The van der Waals surface area contributed by atoms with Gasteiger partial charge in [0.05, 0.1) is 39.3 Å². The van der Waals surface area contributed by atoms with Crippen LogP contribution in [0.5, 0.6) is 0 Å². The van der Waals surface area contributed by atoms with Crippen LogP contribution in [0, 0.1) is 6.92 Å². The summed E-state index contributed by atoms with van der Waals surface area (Å²) in [6.07, 6.45) is 0. The van der Waals surface area contributed by atoms with E-state index < -0.39 is 11.8 Å². The highest BCUT2D eigenvalue weighted by Gasteiger charge is 2.24. The highest BCUT2D eigenvalue weighted by atomic mass is 16.2. The Morgan fingerprint density at radius 2 is 1.69 bits per heavy atom. The maximum Gasteiger partial charge on any atom is 0.313 e. The van der Waals surface area contributed by atoms with Gasteiger partial charge in [0.15, 0.2) is 0 Å². The average molecular weight is 395 g/mol. The highest BCUT2D eigenvalue weighted by molar-refractivity contribution is 6.39. The molecule has 0 atom stereocenters. The lowest BCUT2D eigenvalue weighted by atomic mass is 10.1. The van der Waals surface area contributed by atoms with E-state index >= 15 is 0 Å². The second kappa shape index (κ2) is 9.84. The number of carbonyl (C=O) groups is 3. The van der Waals surface area contributed by atoms with Gasteiger partial charge in [-0.15, -0.1) is 0 Å². The number of para-hydroxylation sites is 1. The van der Waals surface area contributed by atoms with E-state index in [1.165, 1.54) is 4.90 Å². The number of aryl methyl sites for hydroxylation is 1. The molecule has 3 rings (SSSR count). The van der Waals surface area contributed by atoms with Gasteiger partial charge in [-0.25, -0.2) is 0 Å². The zero-order chi connectivity index (χ0) is 20.6. The molecule has 3 N–H and O–H groups in total. The molecule has 1 saturated heterocycles. The molecule has 1 aliphatic rings. The fraction of sp³-hybridized carbons (Fsp3) is 0.318. The molecule has 7 nitrogen and oxygen atoms in total. The Morgan fingerprint density at radius 3 is 2.38 bits per heavy atom. The zero-order valence-electron chi connectivity index (χ0n) is 16.6. The van der Waals surface area contributed by atoms with Crippen molar-refractivity contribution in [3.05, 3.63) is 65.7 Å². The third kappa shape index (κ3) is 5.89. The number of nitrogens with zero attached hydrogens (tertiary/aromatic N) is 1. The van der Waals surface area contributed by atoms with Gasteiger partial charge in [-0.3, -0.25) is 14.4 Å². The van der Waals surface area contributed by atoms with Crippen molar-refractivity contribution in [2.75, 3.05) is 44.6 Å². The number of rotatable bonds is 5. The summed E-state index contributed by atoms with van der Waals surface area (Å²) in [5.41, 5.74) is 2.39. The van der Waals surface area contributed by atoms with E-state index in [-0.39, 0.29) is 5.91 Å². The first-order valence-corrected chi connectivity index (χ1v) is 9.86. The van der Waals surface area contributed by atoms with Crippen LogP contribution in [-0.2, 0) is 9.59 Å². The Labute approximate surface area is 170 Å². The smallest absolute Gasteiger partial charge is 0.313 e. The monoisotopic (exact) mass is 395 g/mol. The van der Waals surface area contributed by atoms with E-state index in [0.717, 1.165) is 30.8 Å². The van der Waals surface area contributed by atoms with Gasteiger partial charge in [-0.2, -0.15) is 0 Å². The summed E-state index contributed by atoms with van der Waals surface area (Å²) in [5, 5.41) is 5.23. The lowest BCUT2D eigenvalue weighted by molar-refractivity contribution is -0.902. The molecular weight excluding hydrogens is 368 g/mol. The number of piperazine rings is 1. The third-order valence-corrected chi connectivity index (χ3v) is 5.02. The van der Waals surface area contributed by atoms with Crippen LogP contribution in [0.1, 0.15) is 15.9 Å². The van der Waals surface area contributed by atoms with Crippen molar-refractivity contribution in [1.29, 1.82) is 0 Å². The number of anilines is 1. The average Bonchev–Trinajstić information content (AvgIpc) is 2.74. The van der Waals surface area contributed by atoms with Crippen molar-refractivity contribution in [2.45, 2.75) is 6.92 Å². The summed E-state index contributed by atoms with van der Waals surface area (Å²) < 4.78 is 0. The SMILES string of the molecule is Cc1cccc(C(=O)N2CC[NH+](CCNC(=O)C(=O)Nc3ccccc3)CC2)c1. The van der Waals surface area contributed by atoms with Gasteiger partial charge in [-0.1, -0.05) is 35.9 Å². The molecule has 3 amide bonds. The van der Waals surface area contributed by atoms with E-state index in [0.29, 0.717) is 25.3 Å². The van der Waals surface area contributed by atoms with E-state index in [1.807, 2.05) is 42.2 Å². The van der Waals surface area contributed by atoms with Gasteiger partial charge in [0.2, 0.25) is 0 Å². The summed E-state index contributed by atoms with van der Waals surface area (Å²) >= 11 is 0. The van der Waals surface area contributed by atoms with Crippen LogP contribution in [0.4, 0.5) is 5.69 Å². The topological polar surface area (TPSA) is 83.0 Å². The quantitative estimate of drug-likeness (QED) is 0.628. The number of benzene rings is 2. The Morgan fingerprint density at radius 1 is 0.966 bits per heavy atom. The van der Waals surface area contributed by atoms with Crippen LogP contribution in [0.2, 0.25) is 0 Å². The highest BCUT2D eigenvalue weighted by Crippen LogP contribution is 2.08. The van der Waals surface area contributed by atoms with Gasteiger partial charge in [0, 0.05) is 11.3 Å². The first-order chi connectivity index (χ1) is 14.0. The number of hydrogen-bond donors (Lipinski definition) is 3. The van der Waals surface area contributed by atoms with Crippen LogP contribution in [0.25, 0.3) is 0 Å². The van der Waals surface area contributed by atoms with Crippen molar-refractivity contribution in [2.24, 2.45) is 0 Å². The van der Waals surface area contributed by atoms with E-state index in [1.54, 1.807) is 24.3 Å². The lowest BCUT2D eigenvalue weighted by Crippen LogP contribution is -3.15. The molecule has 2 aromatic rings. The normalized spacial score (nSPS) is 14.3. The van der Waals surface area contributed by atoms with Gasteiger partial charge >= 0.3 is 11.8 Å². The maximum atomic E-state index is 12.6. The second-order valence-corrected chi connectivity index (χ2v) is 7.24. The van der Waals surface area contributed by atoms with E-state index in [4.69, 9.17) is 0 Å². The maximum absolute atomic E-state index is 12.6. The second-order valence-electron chi connectivity index (χ2n) is 7.24. The molecule has 0 bridgehead atoms. The van der Waals surface area contributed by atoms with Gasteiger partial charge in [-0.05, 0) is 31.2 Å². The number of hydrogen-bond acceptors (Lipinski definition) is 3. The Bertz CT molecular complexity index is 861. The minimum absolute atomic E-state index is 0.0682. The van der Waals surface area contributed by atoms with Crippen LogP contribution in [-0.4, -0.2) is 61.9 Å².